The van der Waals surface area contributed by atoms with Crippen molar-refractivity contribution in [1.82, 2.24) is 9.88 Å². The van der Waals surface area contributed by atoms with Crippen molar-refractivity contribution >= 4 is 23.3 Å². The predicted molar refractivity (Wildman–Crippen MR) is 94.7 cm³/mol. The predicted octanol–water partition coefficient (Wildman–Crippen LogP) is 4.12. The van der Waals surface area contributed by atoms with Gasteiger partial charge in [-0.2, -0.15) is 0 Å². The summed E-state index contributed by atoms with van der Waals surface area (Å²) in [4.78, 5) is 18.2. The van der Waals surface area contributed by atoms with Gasteiger partial charge in [0.2, 0.25) is 0 Å². The number of amides is 2. The highest BCUT2D eigenvalue weighted by Gasteiger charge is 2.25. The van der Waals surface area contributed by atoms with Gasteiger partial charge in [-0.15, -0.1) is 0 Å². The van der Waals surface area contributed by atoms with Gasteiger partial charge in [-0.1, -0.05) is 23.7 Å². The van der Waals surface area contributed by atoms with Crippen LogP contribution in [0.4, 0.5) is 10.5 Å². The molecular formula is C18H20ClN3O2. The minimum absolute atomic E-state index is 0.0677. The number of aryl methyl sites for hydroxylation is 1. The fraction of sp³-hybridized carbons (Fsp3) is 0.333. The van der Waals surface area contributed by atoms with Crippen LogP contribution in [0.15, 0.2) is 42.7 Å². The number of halogens is 1. The van der Waals surface area contributed by atoms with E-state index in [-0.39, 0.29) is 12.1 Å². The van der Waals surface area contributed by atoms with Crippen molar-refractivity contribution in [3.8, 4) is 5.75 Å². The van der Waals surface area contributed by atoms with Crippen LogP contribution in [-0.4, -0.2) is 35.1 Å². The highest BCUT2D eigenvalue weighted by Crippen LogP contribution is 2.25. The van der Waals surface area contributed by atoms with Crippen molar-refractivity contribution in [2.75, 3.05) is 18.4 Å². The molecule has 2 aromatic rings. The van der Waals surface area contributed by atoms with Crippen molar-refractivity contribution < 1.29 is 9.53 Å². The van der Waals surface area contributed by atoms with Gasteiger partial charge >= 0.3 is 6.03 Å². The monoisotopic (exact) mass is 345 g/mol. The number of aromatic nitrogens is 1. The number of hydrogen-bond acceptors (Lipinski definition) is 3. The Morgan fingerprint density at radius 1 is 1.42 bits per heavy atom. The number of carbonyl (C=O) groups is 1. The third-order valence-corrected chi connectivity index (χ3v) is 4.25. The minimum Gasteiger partial charge on any atom is -0.487 e. The van der Waals surface area contributed by atoms with Gasteiger partial charge in [0.25, 0.3) is 0 Å². The third-order valence-electron chi connectivity index (χ3n) is 3.96. The van der Waals surface area contributed by atoms with Crippen molar-refractivity contribution in [2.24, 2.45) is 0 Å². The molecule has 2 heterocycles. The lowest BCUT2D eigenvalue weighted by Crippen LogP contribution is -2.46. The summed E-state index contributed by atoms with van der Waals surface area (Å²) < 4.78 is 5.94. The maximum atomic E-state index is 12.5. The van der Waals surface area contributed by atoms with Gasteiger partial charge in [-0.25, -0.2) is 4.79 Å². The summed E-state index contributed by atoms with van der Waals surface area (Å²) in [6.45, 7) is 3.26. The maximum absolute atomic E-state index is 12.5. The van der Waals surface area contributed by atoms with E-state index in [1.54, 1.807) is 23.4 Å². The number of piperidine rings is 1. The first-order chi connectivity index (χ1) is 11.6. The molecule has 126 valence electrons. The molecule has 0 spiro atoms. The van der Waals surface area contributed by atoms with Gasteiger partial charge in [0.1, 0.15) is 16.9 Å². The molecule has 24 heavy (non-hydrogen) atoms. The van der Waals surface area contributed by atoms with Crippen LogP contribution in [0.25, 0.3) is 0 Å². The van der Waals surface area contributed by atoms with Crippen molar-refractivity contribution in [3.63, 3.8) is 0 Å². The normalized spacial score (nSPS) is 17.4. The second kappa shape index (κ2) is 7.53. The first kappa shape index (κ1) is 16.6. The number of nitrogens with one attached hydrogen (secondary N) is 1. The molecule has 1 aliphatic rings. The Kier molecular flexibility index (Phi) is 5.20. The number of rotatable bonds is 3. The Hall–Kier alpha value is -2.27. The maximum Gasteiger partial charge on any atom is 0.321 e. The molecule has 1 fully saturated rings. The summed E-state index contributed by atoms with van der Waals surface area (Å²) in [5.41, 5.74) is 1.92. The minimum atomic E-state index is -0.102. The molecule has 1 atom stereocenters. The first-order valence-corrected chi connectivity index (χ1v) is 8.38. The molecule has 6 heteroatoms. The summed E-state index contributed by atoms with van der Waals surface area (Å²) in [6, 6.07) is 9.41. The van der Waals surface area contributed by atoms with Crippen LogP contribution in [0.5, 0.6) is 5.75 Å². The van der Waals surface area contributed by atoms with Crippen LogP contribution in [0, 0.1) is 6.92 Å². The molecule has 1 unspecified atom stereocenters. The third kappa shape index (κ3) is 4.17. The second-order valence-electron chi connectivity index (χ2n) is 5.93. The molecule has 0 radical (unpaired) electrons. The van der Waals surface area contributed by atoms with Crippen LogP contribution < -0.4 is 10.1 Å². The van der Waals surface area contributed by atoms with Gasteiger partial charge < -0.3 is 15.0 Å². The molecule has 2 amide bonds. The lowest BCUT2D eigenvalue weighted by atomic mass is 10.1. The van der Waals surface area contributed by atoms with Crippen molar-refractivity contribution in [2.45, 2.75) is 25.9 Å². The van der Waals surface area contributed by atoms with Crippen LogP contribution in [0.1, 0.15) is 18.4 Å². The van der Waals surface area contributed by atoms with E-state index < -0.39 is 0 Å². The largest absolute Gasteiger partial charge is 0.487 e. The fourth-order valence-electron chi connectivity index (χ4n) is 2.78. The molecule has 1 aliphatic heterocycles. The second-order valence-corrected chi connectivity index (χ2v) is 6.34. The number of benzene rings is 1. The van der Waals surface area contributed by atoms with Gasteiger partial charge in [0.05, 0.1) is 6.54 Å². The summed E-state index contributed by atoms with van der Waals surface area (Å²) >= 11 is 6.08. The zero-order valence-corrected chi connectivity index (χ0v) is 14.3. The van der Waals surface area contributed by atoms with E-state index in [2.05, 4.69) is 10.3 Å². The molecular weight excluding hydrogens is 326 g/mol. The standard InChI is InChI=1S/C18H20ClN3O2/c1-13-4-2-5-14(10-13)21-18(23)22-9-3-6-15(12-22)24-17-7-8-20-11-16(17)19/h2,4-5,7-8,10-11,15H,3,6,9,12H2,1H3,(H,21,23). The zero-order chi connectivity index (χ0) is 16.9. The Morgan fingerprint density at radius 3 is 3.08 bits per heavy atom. The quantitative estimate of drug-likeness (QED) is 0.910. The number of anilines is 1. The molecule has 0 saturated carbocycles. The molecule has 1 aromatic heterocycles. The number of ether oxygens (including phenoxy) is 1. The van der Waals surface area contributed by atoms with Crippen LogP contribution in [0.2, 0.25) is 5.02 Å². The average Bonchev–Trinajstić information content (AvgIpc) is 2.57. The highest BCUT2D eigenvalue weighted by molar-refractivity contribution is 6.31. The Morgan fingerprint density at radius 2 is 2.29 bits per heavy atom. The Bertz CT molecular complexity index is 723. The van der Waals surface area contributed by atoms with Gasteiger partial charge in [0.15, 0.2) is 0 Å². The first-order valence-electron chi connectivity index (χ1n) is 8.00. The van der Waals surface area contributed by atoms with Crippen LogP contribution in [0.3, 0.4) is 0 Å². The zero-order valence-electron chi connectivity index (χ0n) is 13.5. The Labute approximate surface area is 146 Å². The van der Waals surface area contributed by atoms with E-state index in [9.17, 15) is 4.79 Å². The highest BCUT2D eigenvalue weighted by atomic mass is 35.5. The molecule has 3 rings (SSSR count). The van der Waals surface area contributed by atoms with E-state index in [4.69, 9.17) is 16.3 Å². The van der Waals surface area contributed by atoms with Gasteiger partial charge in [-0.05, 0) is 37.5 Å². The SMILES string of the molecule is Cc1cccc(NC(=O)N2CCCC(Oc3ccncc3Cl)C2)c1. The lowest BCUT2D eigenvalue weighted by molar-refractivity contribution is 0.106. The number of likely N-dealkylation sites (tertiary alicyclic amines) is 1. The smallest absolute Gasteiger partial charge is 0.321 e. The van der Waals surface area contributed by atoms with Crippen molar-refractivity contribution in [3.05, 3.63) is 53.3 Å². The summed E-state index contributed by atoms with van der Waals surface area (Å²) in [7, 11) is 0. The number of pyridine rings is 1. The molecule has 1 N–H and O–H groups in total. The van der Waals surface area contributed by atoms with Crippen LogP contribution >= 0.6 is 11.6 Å². The number of hydrogen-bond donors (Lipinski definition) is 1. The average molecular weight is 346 g/mol. The topological polar surface area (TPSA) is 54.5 Å². The number of nitrogens with zero attached hydrogens (tertiary/aromatic N) is 2. The van der Waals surface area contributed by atoms with Gasteiger partial charge in [0, 0.05) is 30.7 Å². The van der Waals surface area contributed by atoms with Crippen molar-refractivity contribution in [1.29, 1.82) is 0 Å². The Balaban J connectivity index is 1.60. The van der Waals surface area contributed by atoms with E-state index in [1.165, 1.54) is 0 Å². The number of urea groups is 1. The summed E-state index contributed by atoms with van der Waals surface area (Å²) in [6.07, 6.45) is 4.93. The molecule has 1 saturated heterocycles. The van der Waals surface area contributed by atoms with Gasteiger partial charge in [-0.3, -0.25) is 4.98 Å². The van der Waals surface area contributed by atoms with Crippen LogP contribution in [-0.2, 0) is 0 Å². The molecule has 0 aliphatic carbocycles. The number of carbonyl (C=O) groups excluding carboxylic acids is 1. The van der Waals surface area contributed by atoms with E-state index in [0.717, 1.165) is 30.6 Å². The van der Waals surface area contributed by atoms with E-state index in [0.29, 0.717) is 17.3 Å². The van der Waals surface area contributed by atoms with E-state index in [1.807, 2.05) is 31.2 Å². The molecule has 5 nitrogen and oxygen atoms in total. The lowest BCUT2D eigenvalue weighted by Gasteiger charge is -2.33. The summed E-state index contributed by atoms with van der Waals surface area (Å²) in [5.74, 6) is 0.609. The molecule has 1 aromatic carbocycles. The molecule has 0 bridgehead atoms. The fourth-order valence-corrected chi connectivity index (χ4v) is 2.95. The summed E-state index contributed by atoms with van der Waals surface area (Å²) in [5, 5.41) is 3.43. The van der Waals surface area contributed by atoms with E-state index >= 15 is 0 Å².